The highest BCUT2D eigenvalue weighted by atomic mass is 35.5. The standard InChI is InChI=1S/C13H6Cl5NO2/c14-6-1-2-11(9(17)3-6)19-13(20)21-12-5-8(16)7(15)4-10(12)18/h1-5H,(H,19,20). The number of carbonyl (C=O) groups is 1. The number of anilines is 1. The summed E-state index contributed by atoms with van der Waals surface area (Å²) in [5, 5.41) is 3.82. The summed E-state index contributed by atoms with van der Waals surface area (Å²) in [6, 6.07) is 7.33. The lowest BCUT2D eigenvalue weighted by Crippen LogP contribution is -2.17. The third-order valence-corrected chi connectivity index (χ3v) is 3.91. The number of hydrogen-bond acceptors (Lipinski definition) is 2. The highest BCUT2D eigenvalue weighted by Crippen LogP contribution is 2.34. The van der Waals surface area contributed by atoms with Crippen LogP contribution in [0.25, 0.3) is 0 Å². The minimum atomic E-state index is -0.778. The van der Waals surface area contributed by atoms with Crippen molar-refractivity contribution in [2.75, 3.05) is 5.32 Å². The fraction of sp³-hybridized carbons (Fsp3) is 0. The van der Waals surface area contributed by atoms with Gasteiger partial charge in [-0.25, -0.2) is 4.79 Å². The van der Waals surface area contributed by atoms with E-state index in [9.17, 15) is 4.79 Å². The normalized spacial score (nSPS) is 10.3. The molecule has 0 unspecified atom stereocenters. The highest BCUT2D eigenvalue weighted by Gasteiger charge is 2.13. The summed E-state index contributed by atoms with van der Waals surface area (Å²) in [5.41, 5.74) is 0.349. The van der Waals surface area contributed by atoms with E-state index in [0.29, 0.717) is 10.7 Å². The van der Waals surface area contributed by atoms with Gasteiger partial charge in [0.25, 0.3) is 0 Å². The monoisotopic (exact) mass is 383 g/mol. The van der Waals surface area contributed by atoms with E-state index >= 15 is 0 Å². The molecule has 0 aliphatic heterocycles. The number of ether oxygens (including phenoxy) is 1. The van der Waals surface area contributed by atoms with Crippen molar-refractivity contribution in [2.24, 2.45) is 0 Å². The van der Waals surface area contributed by atoms with Crippen molar-refractivity contribution >= 4 is 69.8 Å². The minimum absolute atomic E-state index is 0.0775. The molecule has 3 nitrogen and oxygen atoms in total. The lowest BCUT2D eigenvalue weighted by atomic mass is 10.3. The third kappa shape index (κ3) is 4.31. The van der Waals surface area contributed by atoms with Gasteiger partial charge in [-0.1, -0.05) is 58.0 Å². The van der Waals surface area contributed by atoms with E-state index in [0.717, 1.165) is 0 Å². The molecule has 0 aliphatic carbocycles. The maximum Gasteiger partial charge on any atom is 0.417 e. The third-order valence-electron chi connectivity index (χ3n) is 2.35. The van der Waals surface area contributed by atoms with Crippen LogP contribution in [-0.4, -0.2) is 6.09 Å². The van der Waals surface area contributed by atoms with Crippen LogP contribution < -0.4 is 10.1 Å². The maximum atomic E-state index is 11.8. The van der Waals surface area contributed by atoms with Gasteiger partial charge in [-0.3, -0.25) is 5.32 Å². The van der Waals surface area contributed by atoms with Gasteiger partial charge >= 0.3 is 6.09 Å². The van der Waals surface area contributed by atoms with E-state index in [4.69, 9.17) is 62.7 Å². The molecule has 0 heterocycles. The van der Waals surface area contributed by atoms with Gasteiger partial charge in [-0.05, 0) is 24.3 Å². The second-order valence-corrected chi connectivity index (χ2v) is 5.90. The van der Waals surface area contributed by atoms with Gasteiger partial charge in [0.1, 0.15) is 0 Å². The van der Waals surface area contributed by atoms with Crippen molar-refractivity contribution in [2.45, 2.75) is 0 Å². The average Bonchev–Trinajstić information content (AvgIpc) is 2.39. The van der Waals surface area contributed by atoms with Gasteiger partial charge in [0, 0.05) is 11.1 Å². The first kappa shape index (κ1) is 16.5. The molecular formula is C13H6Cl5NO2. The van der Waals surface area contributed by atoms with Gasteiger partial charge in [-0.15, -0.1) is 0 Å². The predicted octanol–water partition coefficient (Wildman–Crippen LogP) is 6.56. The van der Waals surface area contributed by atoms with Gasteiger partial charge in [0.05, 0.1) is 25.8 Å². The molecule has 8 heteroatoms. The van der Waals surface area contributed by atoms with Gasteiger partial charge in [0.15, 0.2) is 5.75 Å². The molecule has 0 atom stereocenters. The van der Waals surface area contributed by atoms with Crippen LogP contribution in [0, 0.1) is 0 Å². The molecule has 0 bridgehead atoms. The summed E-state index contributed by atoms with van der Waals surface area (Å²) < 4.78 is 5.05. The Morgan fingerprint density at radius 1 is 0.857 bits per heavy atom. The van der Waals surface area contributed by atoms with E-state index < -0.39 is 6.09 Å². The summed E-state index contributed by atoms with van der Waals surface area (Å²) in [4.78, 5) is 11.8. The number of halogens is 5. The van der Waals surface area contributed by atoms with Crippen LogP contribution in [0.15, 0.2) is 30.3 Å². The molecule has 2 aromatic rings. The Morgan fingerprint density at radius 3 is 2.19 bits per heavy atom. The number of amides is 1. The first-order chi connectivity index (χ1) is 9.86. The number of rotatable bonds is 2. The van der Waals surface area contributed by atoms with Crippen molar-refractivity contribution < 1.29 is 9.53 Å². The van der Waals surface area contributed by atoms with Gasteiger partial charge in [-0.2, -0.15) is 0 Å². The second kappa shape index (κ2) is 6.95. The summed E-state index contributed by atoms with van der Waals surface area (Å²) in [7, 11) is 0. The SMILES string of the molecule is O=C(Nc1ccc(Cl)cc1Cl)Oc1cc(Cl)c(Cl)cc1Cl. The fourth-order valence-electron chi connectivity index (χ4n) is 1.41. The Morgan fingerprint density at radius 2 is 1.52 bits per heavy atom. The largest absolute Gasteiger partial charge is 0.417 e. The lowest BCUT2D eigenvalue weighted by molar-refractivity contribution is 0.215. The Kier molecular flexibility index (Phi) is 5.47. The van der Waals surface area contributed by atoms with Crippen molar-refractivity contribution in [3.05, 3.63) is 55.4 Å². The van der Waals surface area contributed by atoms with Crippen molar-refractivity contribution in [3.8, 4) is 5.75 Å². The number of nitrogens with one attached hydrogen (secondary N) is 1. The van der Waals surface area contributed by atoms with Crippen LogP contribution in [0.2, 0.25) is 25.1 Å². The molecule has 0 saturated carbocycles. The van der Waals surface area contributed by atoms with Crippen LogP contribution in [-0.2, 0) is 0 Å². The topological polar surface area (TPSA) is 38.3 Å². The molecule has 0 aromatic heterocycles. The number of benzene rings is 2. The molecule has 2 aromatic carbocycles. The Hall–Kier alpha value is -0.840. The molecule has 1 N–H and O–H groups in total. The molecular weight excluding hydrogens is 379 g/mol. The first-order valence-electron chi connectivity index (χ1n) is 5.45. The minimum Gasteiger partial charge on any atom is -0.408 e. The predicted molar refractivity (Wildman–Crippen MR) is 87.6 cm³/mol. The Balaban J connectivity index is 2.13. The fourth-order valence-corrected chi connectivity index (χ4v) is 2.44. The van der Waals surface area contributed by atoms with Crippen LogP contribution in [0.4, 0.5) is 10.5 Å². The molecule has 2 rings (SSSR count). The molecule has 0 aliphatic rings. The number of hydrogen-bond donors (Lipinski definition) is 1. The van der Waals surface area contributed by atoms with E-state index in [1.54, 1.807) is 12.1 Å². The smallest absolute Gasteiger partial charge is 0.408 e. The maximum absolute atomic E-state index is 11.8. The van der Waals surface area contributed by atoms with Crippen LogP contribution >= 0.6 is 58.0 Å². The molecule has 1 amide bonds. The van der Waals surface area contributed by atoms with Crippen molar-refractivity contribution in [3.63, 3.8) is 0 Å². The highest BCUT2D eigenvalue weighted by molar-refractivity contribution is 6.43. The second-order valence-electron chi connectivity index (χ2n) is 3.84. The van der Waals surface area contributed by atoms with Gasteiger partial charge < -0.3 is 4.74 Å². The molecule has 110 valence electrons. The zero-order valence-corrected chi connectivity index (χ0v) is 13.9. The Bertz CT molecular complexity index is 705. The quantitative estimate of drug-likeness (QED) is 0.594. The molecule has 21 heavy (non-hydrogen) atoms. The Labute approximate surface area is 145 Å². The molecule has 0 fully saturated rings. The zero-order chi connectivity index (χ0) is 15.6. The summed E-state index contributed by atoms with van der Waals surface area (Å²) >= 11 is 29.2. The molecule has 0 saturated heterocycles. The zero-order valence-electron chi connectivity index (χ0n) is 10.1. The summed E-state index contributed by atoms with van der Waals surface area (Å²) in [6.45, 7) is 0. The summed E-state index contributed by atoms with van der Waals surface area (Å²) in [5.74, 6) is 0.0775. The van der Waals surface area contributed by atoms with E-state index in [1.807, 2.05) is 0 Å². The van der Waals surface area contributed by atoms with E-state index in [2.05, 4.69) is 5.32 Å². The van der Waals surface area contributed by atoms with Crippen LogP contribution in [0.1, 0.15) is 0 Å². The van der Waals surface area contributed by atoms with Crippen LogP contribution in [0.3, 0.4) is 0 Å². The average molecular weight is 385 g/mol. The van der Waals surface area contributed by atoms with E-state index in [-0.39, 0.29) is 25.8 Å². The van der Waals surface area contributed by atoms with Crippen LogP contribution in [0.5, 0.6) is 5.75 Å². The van der Waals surface area contributed by atoms with Gasteiger partial charge in [0.2, 0.25) is 0 Å². The lowest BCUT2D eigenvalue weighted by Gasteiger charge is -2.10. The first-order valence-corrected chi connectivity index (χ1v) is 7.34. The number of carbonyl (C=O) groups excluding carboxylic acids is 1. The summed E-state index contributed by atoms with van der Waals surface area (Å²) in [6.07, 6.45) is -0.778. The molecule has 0 radical (unpaired) electrons. The van der Waals surface area contributed by atoms with Crippen molar-refractivity contribution in [1.29, 1.82) is 0 Å². The van der Waals surface area contributed by atoms with Crippen molar-refractivity contribution in [1.82, 2.24) is 0 Å². The van der Waals surface area contributed by atoms with E-state index in [1.165, 1.54) is 18.2 Å². The molecule has 0 spiro atoms.